The van der Waals surface area contributed by atoms with Crippen molar-refractivity contribution in [3.63, 3.8) is 0 Å². The molecule has 3 aromatic heterocycles. The summed E-state index contributed by atoms with van der Waals surface area (Å²) in [5.41, 5.74) is 1.07. The molecular weight excluding hydrogens is 342 g/mol. The molecular formula is C18H12ClN3O3. The number of hydrogen-bond donors (Lipinski definition) is 1. The van der Waals surface area contributed by atoms with Crippen LogP contribution < -0.4 is 5.56 Å². The fourth-order valence-electron chi connectivity index (χ4n) is 2.62. The maximum absolute atomic E-state index is 12.2. The molecule has 124 valence electrons. The Morgan fingerprint density at radius 1 is 1.20 bits per heavy atom. The van der Waals surface area contributed by atoms with Crippen LogP contribution in [0.4, 0.5) is 0 Å². The number of fused-ring (bicyclic) bond motifs is 2. The minimum absolute atomic E-state index is 0.00695. The van der Waals surface area contributed by atoms with Gasteiger partial charge in [0, 0.05) is 17.8 Å². The second-order valence-corrected chi connectivity index (χ2v) is 5.96. The van der Waals surface area contributed by atoms with Crippen LogP contribution in [0, 0.1) is 0 Å². The van der Waals surface area contributed by atoms with Crippen molar-refractivity contribution in [2.45, 2.75) is 6.61 Å². The van der Waals surface area contributed by atoms with Gasteiger partial charge in [0.05, 0.1) is 10.7 Å². The number of halogens is 1. The van der Waals surface area contributed by atoms with Gasteiger partial charge in [-0.3, -0.25) is 4.79 Å². The van der Waals surface area contributed by atoms with Gasteiger partial charge in [0.25, 0.3) is 5.56 Å². The molecule has 0 unspecified atom stereocenters. The molecule has 4 aromatic rings. The van der Waals surface area contributed by atoms with E-state index in [1.807, 2.05) is 0 Å². The molecule has 0 atom stereocenters. The molecule has 0 amide bonds. The number of aromatic amines is 1. The Balaban J connectivity index is 1.56. The number of benzene rings is 1. The van der Waals surface area contributed by atoms with Crippen LogP contribution in [0.5, 0.6) is 0 Å². The van der Waals surface area contributed by atoms with E-state index in [-0.39, 0.29) is 17.9 Å². The summed E-state index contributed by atoms with van der Waals surface area (Å²) in [5.74, 6) is -0.613. The number of aromatic nitrogens is 3. The first-order chi connectivity index (χ1) is 12.1. The molecule has 25 heavy (non-hydrogen) atoms. The Morgan fingerprint density at radius 3 is 2.92 bits per heavy atom. The lowest BCUT2D eigenvalue weighted by atomic mass is 10.1. The molecule has 0 fully saturated rings. The van der Waals surface area contributed by atoms with E-state index >= 15 is 0 Å². The lowest BCUT2D eigenvalue weighted by molar-refractivity contribution is 0.0461. The van der Waals surface area contributed by atoms with Crippen molar-refractivity contribution in [1.82, 2.24) is 14.4 Å². The van der Waals surface area contributed by atoms with Gasteiger partial charge in [-0.1, -0.05) is 29.8 Å². The van der Waals surface area contributed by atoms with E-state index in [0.29, 0.717) is 27.1 Å². The van der Waals surface area contributed by atoms with Crippen molar-refractivity contribution >= 4 is 34.0 Å². The van der Waals surface area contributed by atoms with Crippen molar-refractivity contribution in [3.05, 3.63) is 81.6 Å². The van der Waals surface area contributed by atoms with Crippen LogP contribution in [-0.4, -0.2) is 20.3 Å². The van der Waals surface area contributed by atoms with Crippen LogP contribution in [0.25, 0.3) is 16.4 Å². The number of esters is 1. The fraction of sp³-hybridized carbons (Fsp3) is 0.0556. The predicted octanol–water partition coefficient (Wildman–Crippen LogP) is 3.19. The molecule has 0 aliphatic carbocycles. The van der Waals surface area contributed by atoms with Gasteiger partial charge in [0.15, 0.2) is 0 Å². The van der Waals surface area contributed by atoms with Crippen LogP contribution in [0.15, 0.2) is 59.7 Å². The van der Waals surface area contributed by atoms with Crippen LogP contribution in [0.1, 0.15) is 16.2 Å². The minimum atomic E-state index is -0.613. The second kappa shape index (κ2) is 6.07. The van der Waals surface area contributed by atoms with Gasteiger partial charge in [-0.05, 0) is 29.7 Å². The molecule has 0 aliphatic rings. The van der Waals surface area contributed by atoms with Crippen molar-refractivity contribution in [3.8, 4) is 0 Å². The number of imidazole rings is 1. The van der Waals surface area contributed by atoms with E-state index in [2.05, 4.69) is 9.97 Å². The van der Waals surface area contributed by atoms with E-state index in [1.54, 1.807) is 59.3 Å². The van der Waals surface area contributed by atoms with E-state index in [1.165, 1.54) is 0 Å². The van der Waals surface area contributed by atoms with Crippen molar-refractivity contribution in [1.29, 1.82) is 0 Å². The minimum Gasteiger partial charge on any atom is -0.454 e. The predicted molar refractivity (Wildman–Crippen MR) is 93.9 cm³/mol. The summed E-state index contributed by atoms with van der Waals surface area (Å²) in [6.45, 7) is -0.00695. The largest absolute Gasteiger partial charge is 0.454 e. The topological polar surface area (TPSA) is 76.5 Å². The summed E-state index contributed by atoms with van der Waals surface area (Å²) < 4.78 is 7.01. The third kappa shape index (κ3) is 2.99. The lowest BCUT2D eigenvalue weighted by Gasteiger charge is -2.04. The summed E-state index contributed by atoms with van der Waals surface area (Å²) >= 11 is 5.93. The first-order valence-electron chi connectivity index (χ1n) is 7.52. The molecule has 6 nitrogen and oxygen atoms in total. The molecule has 0 saturated heterocycles. The highest BCUT2D eigenvalue weighted by Crippen LogP contribution is 2.14. The number of nitrogens with one attached hydrogen (secondary N) is 1. The van der Waals surface area contributed by atoms with Gasteiger partial charge in [0.1, 0.15) is 17.9 Å². The molecule has 1 aromatic carbocycles. The van der Waals surface area contributed by atoms with Gasteiger partial charge < -0.3 is 14.1 Å². The molecule has 7 heteroatoms. The zero-order chi connectivity index (χ0) is 17.4. The number of ether oxygens (including phenoxy) is 1. The van der Waals surface area contributed by atoms with Crippen LogP contribution in [0.2, 0.25) is 5.02 Å². The van der Waals surface area contributed by atoms with Gasteiger partial charge in [-0.2, -0.15) is 0 Å². The van der Waals surface area contributed by atoms with E-state index < -0.39 is 5.97 Å². The highest BCUT2D eigenvalue weighted by Gasteiger charge is 2.12. The summed E-state index contributed by atoms with van der Waals surface area (Å²) in [4.78, 5) is 31.2. The molecule has 0 radical (unpaired) electrons. The molecule has 0 bridgehead atoms. The Kier molecular flexibility index (Phi) is 3.74. The van der Waals surface area contributed by atoms with Crippen molar-refractivity contribution in [2.24, 2.45) is 0 Å². The Bertz CT molecular complexity index is 1160. The molecule has 3 heterocycles. The number of hydrogen-bond acceptors (Lipinski definition) is 4. The summed E-state index contributed by atoms with van der Waals surface area (Å²) in [6, 6.07) is 12.2. The highest BCUT2D eigenvalue weighted by atomic mass is 35.5. The third-order valence-electron chi connectivity index (χ3n) is 3.79. The number of nitrogens with zero attached hydrogens (tertiary/aromatic N) is 2. The first-order valence-corrected chi connectivity index (χ1v) is 7.90. The standard InChI is InChI=1S/C18H12ClN3O3/c19-12-5-6-16-20-13(9-22(16)8-12)10-25-18(24)15-7-11-3-1-2-4-14(11)17(23)21-15/h1-9H,10H2,(H,21,23). The average Bonchev–Trinajstić information content (AvgIpc) is 3.01. The van der Waals surface area contributed by atoms with Crippen molar-refractivity contribution in [2.75, 3.05) is 0 Å². The first kappa shape index (κ1) is 15.4. The molecule has 4 rings (SSSR count). The van der Waals surface area contributed by atoms with E-state index in [4.69, 9.17) is 16.3 Å². The SMILES string of the molecule is O=C(OCc1cn2cc(Cl)ccc2n1)c1cc2ccccc2c(=O)[nH]1. The average molecular weight is 354 g/mol. The number of carbonyl (C=O) groups excluding carboxylic acids is 1. The van der Waals surface area contributed by atoms with Crippen LogP contribution in [-0.2, 0) is 11.3 Å². The Labute approximate surface area is 146 Å². The number of pyridine rings is 2. The van der Waals surface area contributed by atoms with E-state index in [0.717, 1.165) is 0 Å². The van der Waals surface area contributed by atoms with Crippen molar-refractivity contribution < 1.29 is 9.53 Å². The van der Waals surface area contributed by atoms with Crippen LogP contribution in [0.3, 0.4) is 0 Å². The normalized spacial score (nSPS) is 11.1. The van der Waals surface area contributed by atoms with Gasteiger partial charge in [-0.15, -0.1) is 0 Å². The van der Waals surface area contributed by atoms with Gasteiger partial charge in [0.2, 0.25) is 0 Å². The van der Waals surface area contributed by atoms with Gasteiger partial charge >= 0.3 is 5.97 Å². The maximum Gasteiger partial charge on any atom is 0.355 e. The maximum atomic E-state index is 12.2. The van der Waals surface area contributed by atoms with E-state index in [9.17, 15) is 9.59 Å². The highest BCUT2D eigenvalue weighted by molar-refractivity contribution is 6.30. The monoisotopic (exact) mass is 353 g/mol. The van der Waals surface area contributed by atoms with Gasteiger partial charge in [-0.25, -0.2) is 9.78 Å². The quantitative estimate of drug-likeness (QED) is 0.574. The number of carbonyl (C=O) groups is 1. The zero-order valence-corrected chi connectivity index (χ0v) is 13.7. The molecule has 0 saturated carbocycles. The second-order valence-electron chi connectivity index (χ2n) is 5.52. The smallest absolute Gasteiger partial charge is 0.355 e. The molecule has 1 N–H and O–H groups in total. The molecule has 0 aliphatic heterocycles. The van der Waals surface area contributed by atoms with Crippen LogP contribution >= 0.6 is 11.6 Å². The Morgan fingerprint density at radius 2 is 2.04 bits per heavy atom. The summed E-state index contributed by atoms with van der Waals surface area (Å²) in [6.07, 6.45) is 3.45. The summed E-state index contributed by atoms with van der Waals surface area (Å²) in [5, 5.41) is 1.79. The number of rotatable bonds is 3. The number of H-pyrrole nitrogens is 1. The Hall–Kier alpha value is -3.12. The fourth-order valence-corrected chi connectivity index (χ4v) is 2.79. The summed E-state index contributed by atoms with van der Waals surface area (Å²) in [7, 11) is 0. The lowest BCUT2D eigenvalue weighted by Crippen LogP contribution is -2.15. The zero-order valence-electron chi connectivity index (χ0n) is 12.9. The third-order valence-corrected chi connectivity index (χ3v) is 4.01. The molecule has 0 spiro atoms.